The molecule has 4 nitrogen and oxygen atoms in total. The number of rotatable bonds is 3. The molecule has 0 aliphatic carbocycles. The van der Waals surface area contributed by atoms with Crippen LogP contribution in [0.15, 0.2) is 30.3 Å². The van der Waals surface area contributed by atoms with Crippen molar-refractivity contribution in [2.45, 2.75) is 51.7 Å². The first-order valence-corrected chi connectivity index (χ1v) is 8.05. The molecular weight excluding hydrogens is 278 g/mol. The molecule has 1 aromatic carbocycles. The molecule has 1 aliphatic heterocycles. The molecule has 1 saturated heterocycles. The van der Waals surface area contributed by atoms with Gasteiger partial charge in [0.15, 0.2) is 0 Å². The van der Waals surface area contributed by atoms with E-state index in [9.17, 15) is 9.90 Å². The Balaban J connectivity index is 1.89. The third-order valence-corrected chi connectivity index (χ3v) is 3.99. The number of hydrogen-bond acceptors (Lipinski definition) is 3. The number of nitrogens with zero attached hydrogens (tertiary/aromatic N) is 1. The van der Waals surface area contributed by atoms with E-state index in [1.54, 1.807) is 4.90 Å². The van der Waals surface area contributed by atoms with E-state index >= 15 is 0 Å². The van der Waals surface area contributed by atoms with E-state index in [0.717, 1.165) is 12.8 Å². The van der Waals surface area contributed by atoms with Crippen LogP contribution in [0.5, 0.6) is 0 Å². The fourth-order valence-electron chi connectivity index (χ4n) is 2.79. The van der Waals surface area contributed by atoms with Crippen LogP contribution in [0, 0.1) is 5.92 Å². The Hall–Kier alpha value is -1.55. The highest BCUT2D eigenvalue weighted by molar-refractivity contribution is 5.68. The first-order chi connectivity index (χ1) is 10.3. The van der Waals surface area contributed by atoms with Crippen molar-refractivity contribution >= 4 is 6.09 Å². The summed E-state index contributed by atoms with van der Waals surface area (Å²) in [7, 11) is 0. The summed E-state index contributed by atoms with van der Waals surface area (Å²) < 4.78 is 5.43. The fourth-order valence-corrected chi connectivity index (χ4v) is 2.79. The molecule has 0 spiro atoms. The summed E-state index contributed by atoms with van der Waals surface area (Å²) in [5, 5.41) is 10.2. The van der Waals surface area contributed by atoms with Crippen LogP contribution in [-0.2, 0) is 11.2 Å². The van der Waals surface area contributed by atoms with Crippen molar-refractivity contribution in [3.63, 3.8) is 0 Å². The van der Waals surface area contributed by atoms with Gasteiger partial charge in [0.25, 0.3) is 0 Å². The lowest BCUT2D eigenvalue weighted by atomic mass is 9.89. The smallest absolute Gasteiger partial charge is 0.410 e. The maximum atomic E-state index is 12.2. The van der Waals surface area contributed by atoms with E-state index in [1.165, 1.54) is 5.56 Å². The number of benzene rings is 1. The molecule has 0 aromatic heterocycles. The molecule has 1 N–H and O–H groups in total. The van der Waals surface area contributed by atoms with Gasteiger partial charge in [-0.05, 0) is 45.6 Å². The summed E-state index contributed by atoms with van der Waals surface area (Å²) in [6.45, 7) is 6.75. The Bertz CT molecular complexity index is 481. The van der Waals surface area contributed by atoms with E-state index in [2.05, 4.69) is 12.1 Å². The zero-order valence-electron chi connectivity index (χ0n) is 13.8. The quantitative estimate of drug-likeness (QED) is 0.932. The van der Waals surface area contributed by atoms with E-state index in [-0.39, 0.29) is 18.1 Å². The highest BCUT2D eigenvalue weighted by Gasteiger charge is 2.32. The molecule has 4 heteroatoms. The number of likely N-dealkylation sites (tertiary alicyclic amines) is 1. The Kier molecular flexibility index (Phi) is 5.46. The molecule has 1 aliphatic rings. The van der Waals surface area contributed by atoms with Gasteiger partial charge in [0.1, 0.15) is 5.60 Å². The van der Waals surface area contributed by atoms with Crippen LogP contribution in [0.2, 0.25) is 0 Å². The second kappa shape index (κ2) is 7.14. The summed E-state index contributed by atoms with van der Waals surface area (Å²) in [6, 6.07) is 10.3. The lowest BCUT2D eigenvalue weighted by Gasteiger charge is -2.37. The first-order valence-electron chi connectivity index (χ1n) is 8.05. The number of hydrogen-bond donors (Lipinski definition) is 1. The summed E-state index contributed by atoms with van der Waals surface area (Å²) in [4.78, 5) is 13.9. The summed E-state index contributed by atoms with van der Waals surface area (Å²) >= 11 is 0. The van der Waals surface area contributed by atoms with Crippen LogP contribution in [0.25, 0.3) is 0 Å². The SMILES string of the molecule is CC(C)(C)OC(=O)N1CCC(O)C(CCc2ccccc2)C1. The number of aliphatic hydroxyl groups is 1. The van der Waals surface area contributed by atoms with Gasteiger partial charge in [0.05, 0.1) is 6.10 Å². The maximum Gasteiger partial charge on any atom is 0.410 e. The summed E-state index contributed by atoms with van der Waals surface area (Å²) in [5.74, 6) is 0.112. The molecule has 2 atom stereocenters. The average molecular weight is 305 g/mol. The maximum absolute atomic E-state index is 12.2. The van der Waals surface area contributed by atoms with E-state index in [1.807, 2.05) is 39.0 Å². The van der Waals surface area contributed by atoms with Gasteiger partial charge in [0, 0.05) is 19.0 Å². The first kappa shape index (κ1) is 16.8. The third-order valence-electron chi connectivity index (χ3n) is 3.99. The highest BCUT2D eigenvalue weighted by Crippen LogP contribution is 2.23. The molecule has 2 unspecified atom stereocenters. The predicted molar refractivity (Wildman–Crippen MR) is 86.7 cm³/mol. The molecule has 22 heavy (non-hydrogen) atoms. The minimum absolute atomic E-state index is 0.112. The standard InChI is InChI=1S/C18H27NO3/c1-18(2,3)22-17(21)19-12-11-16(20)15(13-19)10-9-14-7-5-4-6-8-14/h4-8,15-16,20H,9-13H2,1-3H3. The van der Waals surface area contributed by atoms with Gasteiger partial charge < -0.3 is 14.7 Å². The zero-order chi connectivity index (χ0) is 16.2. The Morgan fingerprint density at radius 1 is 1.32 bits per heavy atom. The molecule has 2 rings (SSSR count). The molecule has 1 fully saturated rings. The van der Waals surface area contributed by atoms with Crippen molar-refractivity contribution in [3.8, 4) is 0 Å². The Labute approximate surface area is 133 Å². The fraction of sp³-hybridized carbons (Fsp3) is 0.611. The third kappa shape index (κ3) is 5.02. The minimum atomic E-state index is -0.479. The van der Waals surface area contributed by atoms with Gasteiger partial charge >= 0.3 is 6.09 Å². The number of amides is 1. The summed E-state index contributed by atoms with van der Waals surface area (Å²) in [5.41, 5.74) is 0.788. The minimum Gasteiger partial charge on any atom is -0.444 e. The van der Waals surface area contributed by atoms with Gasteiger partial charge in [-0.25, -0.2) is 4.79 Å². The lowest BCUT2D eigenvalue weighted by molar-refractivity contribution is -0.00983. The number of carbonyl (C=O) groups is 1. The van der Waals surface area contributed by atoms with Gasteiger partial charge in [-0.15, -0.1) is 0 Å². The van der Waals surface area contributed by atoms with Crippen molar-refractivity contribution in [2.75, 3.05) is 13.1 Å². The molecule has 1 heterocycles. The molecule has 122 valence electrons. The molecular formula is C18H27NO3. The predicted octanol–water partition coefficient (Wildman–Crippen LogP) is 3.24. The van der Waals surface area contributed by atoms with Crippen molar-refractivity contribution < 1.29 is 14.6 Å². The lowest BCUT2D eigenvalue weighted by Crippen LogP contribution is -2.47. The molecule has 1 aromatic rings. The molecule has 1 amide bonds. The van der Waals surface area contributed by atoms with Crippen molar-refractivity contribution in [3.05, 3.63) is 35.9 Å². The zero-order valence-corrected chi connectivity index (χ0v) is 13.8. The topological polar surface area (TPSA) is 49.8 Å². The van der Waals surface area contributed by atoms with Gasteiger partial charge in [-0.1, -0.05) is 30.3 Å². The van der Waals surface area contributed by atoms with Crippen LogP contribution in [-0.4, -0.2) is 40.9 Å². The number of carbonyl (C=O) groups excluding carboxylic acids is 1. The van der Waals surface area contributed by atoms with Gasteiger partial charge in [0.2, 0.25) is 0 Å². The second-order valence-electron chi connectivity index (χ2n) is 7.07. The molecule has 0 bridgehead atoms. The number of piperidine rings is 1. The monoisotopic (exact) mass is 305 g/mol. The van der Waals surface area contributed by atoms with E-state index in [4.69, 9.17) is 4.74 Å². The van der Waals surface area contributed by atoms with Crippen molar-refractivity contribution in [1.82, 2.24) is 4.90 Å². The van der Waals surface area contributed by atoms with Crippen LogP contribution in [0.3, 0.4) is 0 Å². The number of ether oxygens (including phenoxy) is 1. The van der Waals surface area contributed by atoms with E-state index in [0.29, 0.717) is 19.5 Å². The van der Waals surface area contributed by atoms with Crippen LogP contribution < -0.4 is 0 Å². The highest BCUT2D eigenvalue weighted by atomic mass is 16.6. The van der Waals surface area contributed by atoms with Crippen LogP contribution >= 0.6 is 0 Å². The summed E-state index contributed by atoms with van der Waals surface area (Å²) in [6.07, 6.45) is 1.82. The molecule has 0 saturated carbocycles. The molecule has 0 radical (unpaired) electrons. The second-order valence-corrected chi connectivity index (χ2v) is 7.07. The van der Waals surface area contributed by atoms with Gasteiger partial charge in [-0.3, -0.25) is 0 Å². The van der Waals surface area contributed by atoms with Gasteiger partial charge in [-0.2, -0.15) is 0 Å². The Morgan fingerprint density at radius 3 is 2.64 bits per heavy atom. The number of aliphatic hydroxyl groups excluding tert-OH is 1. The average Bonchev–Trinajstić information content (AvgIpc) is 2.45. The Morgan fingerprint density at radius 2 is 2.00 bits per heavy atom. The van der Waals surface area contributed by atoms with Crippen molar-refractivity contribution in [2.24, 2.45) is 5.92 Å². The van der Waals surface area contributed by atoms with Crippen LogP contribution in [0.1, 0.15) is 39.2 Å². The van der Waals surface area contributed by atoms with Crippen molar-refractivity contribution in [1.29, 1.82) is 0 Å². The van der Waals surface area contributed by atoms with E-state index < -0.39 is 5.60 Å². The van der Waals surface area contributed by atoms with Crippen LogP contribution in [0.4, 0.5) is 4.79 Å². The number of aryl methyl sites for hydroxylation is 1. The normalized spacial score (nSPS) is 22.5. The largest absolute Gasteiger partial charge is 0.444 e.